The number of hydrogen-bond acceptors (Lipinski definition) is 5. The number of morpholine rings is 1. The Morgan fingerprint density at radius 2 is 2.00 bits per heavy atom. The molecule has 1 fully saturated rings. The minimum absolute atomic E-state index is 0.174. The van der Waals surface area contributed by atoms with Crippen LogP contribution in [0.2, 0.25) is 0 Å². The van der Waals surface area contributed by atoms with Crippen molar-refractivity contribution in [2.75, 3.05) is 33.3 Å². The molecule has 0 saturated carbocycles. The summed E-state index contributed by atoms with van der Waals surface area (Å²) in [5, 5.41) is 3.09. The number of likely N-dealkylation sites (N-methyl/N-ethyl adjacent to an activating group) is 1. The van der Waals surface area contributed by atoms with E-state index in [1.54, 1.807) is 0 Å². The van der Waals surface area contributed by atoms with E-state index in [-0.39, 0.29) is 18.2 Å². The minimum atomic E-state index is -0.610. The van der Waals surface area contributed by atoms with Crippen molar-refractivity contribution < 1.29 is 14.3 Å². The highest BCUT2D eigenvalue weighted by atomic mass is 16.5. The largest absolute Gasteiger partial charge is 0.465 e. The lowest BCUT2D eigenvalue weighted by Crippen LogP contribution is -2.52. The summed E-state index contributed by atoms with van der Waals surface area (Å²) >= 11 is 0. The molecule has 0 aliphatic carbocycles. The Kier molecular flexibility index (Phi) is 6.23. The molecule has 3 atom stereocenters. The third kappa shape index (κ3) is 4.75. The Morgan fingerprint density at radius 3 is 2.47 bits per heavy atom. The molecule has 0 aromatic carbocycles. The summed E-state index contributed by atoms with van der Waals surface area (Å²) in [6.45, 7) is 11.0. The van der Waals surface area contributed by atoms with Crippen molar-refractivity contribution in [2.24, 2.45) is 0 Å². The first-order valence-corrected chi connectivity index (χ1v) is 7.15. The molecule has 1 rings (SSSR count). The van der Waals surface area contributed by atoms with Crippen LogP contribution in [0.4, 0.5) is 0 Å². The highest BCUT2D eigenvalue weighted by molar-refractivity contribution is 5.80. The first kappa shape index (κ1) is 16.4. The average molecular weight is 272 g/mol. The van der Waals surface area contributed by atoms with Crippen molar-refractivity contribution in [3.05, 3.63) is 0 Å². The quantitative estimate of drug-likeness (QED) is 0.732. The molecule has 1 N–H and O–H groups in total. The summed E-state index contributed by atoms with van der Waals surface area (Å²) in [7, 11) is 1.81. The van der Waals surface area contributed by atoms with Crippen LogP contribution in [0.15, 0.2) is 0 Å². The van der Waals surface area contributed by atoms with E-state index in [9.17, 15) is 4.79 Å². The molecule has 0 aromatic heterocycles. The van der Waals surface area contributed by atoms with E-state index in [1.807, 2.05) is 20.9 Å². The summed E-state index contributed by atoms with van der Waals surface area (Å²) < 4.78 is 10.8. The molecule has 19 heavy (non-hydrogen) atoms. The normalized spacial score (nSPS) is 27.8. The number of ether oxygens (including phenoxy) is 2. The number of hydrogen-bond donors (Lipinski definition) is 1. The Balaban J connectivity index is 2.50. The molecule has 112 valence electrons. The lowest BCUT2D eigenvalue weighted by molar-refractivity contribution is -0.151. The smallest absolute Gasteiger partial charge is 0.326 e. The molecular formula is C14H28N2O3. The van der Waals surface area contributed by atoms with Gasteiger partial charge in [0, 0.05) is 19.6 Å². The molecule has 3 unspecified atom stereocenters. The average Bonchev–Trinajstić information content (AvgIpc) is 2.35. The fraction of sp³-hybridized carbons (Fsp3) is 0.929. The van der Waals surface area contributed by atoms with Gasteiger partial charge in [-0.1, -0.05) is 0 Å². The van der Waals surface area contributed by atoms with Gasteiger partial charge in [-0.25, -0.2) is 0 Å². The van der Waals surface area contributed by atoms with Crippen molar-refractivity contribution in [3.8, 4) is 0 Å². The molecule has 0 radical (unpaired) electrons. The first-order valence-electron chi connectivity index (χ1n) is 7.15. The van der Waals surface area contributed by atoms with E-state index in [0.29, 0.717) is 6.61 Å². The van der Waals surface area contributed by atoms with Crippen molar-refractivity contribution in [1.82, 2.24) is 10.2 Å². The van der Waals surface area contributed by atoms with Crippen LogP contribution in [-0.4, -0.2) is 61.9 Å². The van der Waals surface area contributed by atoms with Gasteiger partial charge in [0.1, 0.15) is 5.54 Å². The highest BCUT2D eigenvalue weighted by Gasteiger charge is 2.34. The molecule has 5 heteroatoms. The van der Waals surface area contributed by atoms with E-state index in [0.717, 1.165) is 26.1 Å². The fourth-order valence-electron chi connectivity index (χ4n) is 2.47. The van der Waals surface area contributed by atoms with Gasteiger partial charge in [-0.2, -0.15) is 0 Å². The molecule has 0 bridgehead atoms. The lowest BCUT2D eigenvalue weighted by atomic mass is 9.97. The molecule has 1 saturated heterocycles. The second-order valence-corrected chi connectivity index (χ2v) is 5.57. The van der Waals surface area contributed by atoms with Crippen LogP contribution >= 0.6 is 0 Å². The number of nitrogens with one attached hydrogen (secondary N) is 1. The molecule has 1 aliphatic rings. The van der Waals surface area contributed by atoms with Crippen LogP contribution in [0.1, 0.15) is 34.1 Å². The molecule has 1 aliphatic heterocycles. The summed E-state index contributed by atoms with van der Waals surface area (Å²) in [6, 6.07) is 0. The topological polar surface area (TPSA) is 50.8 Å². The molecule has 0 aromatic rings. The number of rotatable bonds is 6. The van der Waals surface area contributed by atoms with Crippen LogP contribution in [0.25, 0.3) is 0 Å². The zero-order valence-electron chi connectivity index (χ0n) is 12.9. The van der Waals surface area contributed by atoms with Gasteiger partial charge in [-0.05, 0) is 41.2 Å². The molecule has 0 amide bonds. The maximum Gasteiger partial charge on any atom is 0.326 e. The van der Waals surface area contributed by atoms with Gasteiger partial charge in [-0.15, -0.1) is 0 Å². The summed E-state index contributed by atoms with van der Waals surface area (Å²) in [4.78, 5) is 14.3. The predicted octanol–water partition coefficient (Wildman–Crippen LogP) is 1.03. The van der Waals surface area contributed by atoms with Crippen LogP contribution in [0.3, 0.4) is 0 Å². The summed E-state index contributed by atoms with van der Waals surface area (Å²) in [5.41, 5.74) is -0.610. The predicted molar refractivity (Wildman–Crippen MR) is 75.2 cm³/mol. The third-order valence-electron chi connectivity index (χ3n) is 3.70. The fourth-order valence-corrected chi connectivity index (χ4v) is 2.47. The molecule has 0 spiro atoms. The zero-order chi connectivity index (χ0) is 14.5. The second kappa shape index (κ2) is 7.22. The Morgan fingerprint density at radius 1 is 1.42 bits per heavy atom. The summed E-state index contributed by atoms with van der Waals surface area (Å²) in [5.74, 6) is -0.174. The second-order valence-electron chi connectivity index (χ2n) is 5.57. The van der Waals surface area contributed by atoms with E-state index in [1.165, 1.54) is 0 Å². The standard InChI is InChI=1S/C14H28N2O3/c1-6-18-13(17)14(4,15-5)7-8-16-9-11(2)19-12(3)10-16/h11-12,15H,6-10H2,1-5H3. The van der Waals surface area contributed by atoms with Crippen molar-refractivity contribution in [1.29, 1.82) is 0 Å². The van der Waals surface area contributed by atoms with E-state index in [2.05, 4.69) is 24.1 Å². The van der Waals surface area contributed by atoms with Gasteiger partial charge >= 0.3 is 5.97 Å². The van der Waals surface area contributed by atoms with Gasteiger partial charge in [0.2, 0.25) is 0 Å². The van der Waals surface area contributed by atoms with Crippen molar-refractivity contribution in [3.63, 3.8) is 0 Å². The van der Waals surface area contributed by atoms with Gasteiger partial charge in [0.15, 0.2) is 0 Å². The number of esters is 1. The van der Waals surface area contributed by atoms with Gasteiger partial charge in [-0.3, -0.25) is 9.69 Å². The number of carbonyl (C=O) groups excluding carboxylic acids is 1. The number of nitrogens with zero attached hydrogens (tertiary/aromatic N) is 1. The Hall–Kier alpha value is -0.650. The first-order chi connectivity index (χ1) is 8.91. The summed E-state index contributed by atoms with van der Waals surface area (Å²) in [6.07, 6.45) is 1.25. The Bertz CT molecular complexity index is 288. The highest BCUT2D eigenvalue weighted by Crippen LogP contribution is 2.16. The monoisotopic (exact) mass is 272 g/mol. The number of carbonyl (C=O) groups is 1. The van der Waals surface area contributed by atoms with Crippen LogP contribution in [0, 0.1) is 0 Å². The van der Waals surface area contributed by atoms with Gasteiger partial charge in [0.25, 0.3) is 0 Å². The molecule has 1 heterocycles. The van der Waals surface area contributed by atoms with E-state index in [4.69, 9.17) is 9.47 Å². The van der Waals surface area contributed by atoms with Gasteiger partial charge < -0.3 is 14.8 Å². The third-order valence-corrected chi connectivity index (χ3v) is 3.70. The molecular weight excluding hydrogens is 244 g/mol. The van der Waals surface area contributed by atoms with E-state index >= 15 is 0 Å². The lowest BCUT2D eigenvalue weighted by Gasteiger charge is -2.37. The maximum atomic E-state index is 12.0. The van der Waals surface area contributed by atoms with Gasteiger partial charge in [0.05, 0.1) is 18.8 Å². The van der Waals surface area contributed by atoms with E-state index < -0.39 is 5.54 Å². The van der Waals surface area contributed by atoms with Crippen LogP contribution in [0.5, 0.6) is 0 Å². The van der Waals surface area contributed by atoms with Crippen LogP contribution in [-0.2, 0) is 14.3 Å². The molecule has 5 nitrogen and oxygen atoms in total. The van der Waals surface area contributed by atoms with Crippen LogP contribution < -0.4 is 5.32 Å². The van der Waals surface area contributed by atoms with Crippen molar-refractivity contribution >= 4 is 5.97 Å². The Labute approximate surface area is 116 Å². The SMILES string of the molecule is CCOC(=O)C(C)(CCN1CC(C)OC(C)C1)NC. The maximum absolute atomic E-state index is 12.0. The van der Waals surface area contributed by atoms with Crippen molar-refractivity contribution in [2.45, 2.75) is 51.9 Å². The minimum Gasteiger partial charge on any atom is -0.465 e. The zero-order valence-corrected chi connectivity index (χ0v) is 12.9.